The smallest absolute Gasteiger partial charge is 0.322 e. The summed E-state index contributed by atoms with van der Waals surface area (Å²) in [6, 6.07) is 23.4. The molecule has 8 N–H and O–H groups in total. The Kier molecular flexibility index (Phi) is 7.73. The average molecular weight is 510 g/mol. The van der Waals surface area contributed by atoms with Crippen molar-refractivity contribution in [2.24, 2.45) is 12.8 Å². The van der Waals surface area contributed by atoms with E-state index in [0.717, 1.165) is 0 Å². The Morgan fingerprint density at radius 3 is 1.34 bits per heavy atom. The highest BCUT2D eigenvalue weighted by Crippen LogP contribution is 2.16. The van der Waals surface area contributed by atoms with Gasteiger partial charge in [0.2, 0.25) is 0 Å². The molecule has 0 aliphatic rings. The average Bonchev–Trinajstić information content (AvgIpc) is 2.89. The van der Waals surface area contributed by atoms with Crippen LogP contribution in [0.15, 0.2) is 97.3 Å². The first kappa shape index (κ1) is 25.6. The van der Waals surface area contributed by atoms with Crippen LogP contribution < -0.4 is 37.0 Å². The molecule has 0 saturated carbocycles. The van der Waals surface area contributed by atoms with Gasteiger partial charge in [0.25, 0.3) is 17.7 Å². The van der Waals surface area contributed by atoms with Gasteiger partial charge < -0.3 is 16.0 Å². The van der Waals surface area contributed by atoms with Gasteiger partial charge >= 0.3 is 5.96 Å². The molecule has 1 heterocycles. The van der Waals surface area contributed by atoms with Gasteiger partial charge in [0.1, 0.15) is 12.7 Å². The number of nitrogens with two attached hydrogens (primary N) is 2. The summed E-state index contributed by atoms with van der Waals surface area (Å²) in [7, 11) is 1.87. The van der Waals surface area contributed by atoms with Crippen LogP contribution in [0, 0.1) is 0 Å². The van der Waals surface area contributed by atoms with Crippen LogP contribution in [-0.4, -0.2) is 23.7 Å². The summed E-state index contributed by atoms with van der Waals surface area (Å²) >= 11 is 0. The van der Waals surface area contributed by atoms with Gasteiger partial charge in [0.05, 0.1) is 5.69 Å². The third-order valence-corrected chi connectivity index (χ3v) is 5.44. The first-order valence-corrected chi connectivity index (χ1v) is 11.6. The van der Waals surface area contributed by atoms with Crippen molar-refractivity contribution < 1.29 is 24.4 Å². The zero-order valence-electron chi connectivity index (χ0n) is 20.6. The Morgan fingerprint density at radius 1 is 0.605 bits per heavy atom. The maximum Gasteiger partial charge on any atom is 0.343 e. The van der Waals surface area contributed by atoms with E-state index in [1.165, 1.54) is 0 Å². The van der Waals surface area contributed by atoms with E-state index >= 15 is 0 Å². The van der Waals surface area contributed by atoms with Crippen LogP contribution in [0.2, 0.25) is 0 Å². The molecule has 0 atom stereocenters. The number of hydrogen-bond acceptors (Lipinski definition) is 3. The van der Waals surface area contributed by atoms with E-state index in [4.69, 9.17) is 11.1 Å². The fourth-order valence-electron chi connectivity index (χ4n) is 3.55. The highest BCUT2D eigenvalue weighted by atomic mass is 16.2. The van der Waals surface area contributed by atoms with Crippen molar-refractivity contribution in [3.8, 4) is 0 Å². The minimum absolute atomic E-state index is 0.0592. The summed E-state index contributed by atoms with van der Waals surface area (Å²) in [6.07, 6.45) is 3.67. The van der Waals surface area contributed by atoms with Crippen molar-refractivity contribution in [3.63, 3.8) is 0 Å². The molecule has 4 rings (SSSR count). The highest BCUT2D eigenvalue weighted by Gasteiger charge is 2.11. The number of carbonyl (C=O) groups excluding carboxylic acids is 3. The number of guanidine groups is 1. The van der Waals surface area contributed by atoms with Crippen molar-refractivity contribution in [2.75, 3.05) is 21.3 Å². The van der Waals surface area contributed by atoms with Gasteiger partial charge in [-0.15, -0.1) is 0 Å². The second-order valence-corrected chi connectivity index (χ2v) is 8.43. The summed E-state index contributed by atoms with van der Waals surface area (Å²) in [5.41, 5.74) is 9.15. The zero-order valence-corrected chi connectivity index (χ0v) is 20.6. The molecule has 0 spiro atoms. The van der Waals surface area contributed by atoms with Crippen LogP contribution in [0.3, 0.4) is 0 Å². The van der Waals surface area contributed by atoms with Crippen LogP contribution >= 0.6 is 0 Å². The first-order chi connectivity index (χ1) is 18.3. The van der Waals surface area contributed by atoms with Gasteiger partial charge in [-0.1, -0.05) is 0 Å². The van der Waals surface area contributed by atoms with E-state index in [0.29, 0.717) is 39.4 Å². The van der Waals surface area contributed by atoms with Crippen molar-refractivity contribution in [3.05, 3.63) is 114 Å². The molecule has 10 heteroatoms. The molecule has 0 aliphatic carbocycles. The Bertz CT molecular complexity index is 1480. The lowest BCUT2D eigenvalue weighted by atomic mass is 10.1. The summed E-state index contributed by atoms with van der Waals surface area (Å²) in [4.78, 5) is 37.7. The van der Waals surface area contributed by atoms with Gasteiger partial charge in [-0.3, -0.25) is 25.5 Å². The molecule has 0 aliphatic heterocycles. The fourth-order valence-corrected chi connectivity index (χ4v) is 3.55. The first-order valence-electron chi connectivity index (χ1n) is 11.6. The standard InChI is InChI=1S/C28H25N7O3/c1-35-16-2-3-24(17-35)33-27(38)20-6-12-22(13-7-20)31-25(36)18-4-10-21(11-5-18)32-26(37)19-8-14-23(15-9-19)34-28(29)30/h2-17H,1H3,(H6-,29,30,31,32,33,34,36,37,38)/p+2. The molecule has 3 aromatic carbocycles. The SMILES string of the molecule is C[n+]1cccc(NC(=O)c2ccc(NC(=O)c3ccc(NC(=O)c4ccc(NC(N)=[NH2+])cc4)cc3)cc2)c1. The number of aromatic nitrogens is 1. The summed E-state index contributed by atoms with van der Waals surface area (Å²) < 4.78 is 1.84. The van der Waals surface area contributed by atoms with Gasteiger partial charge in [0.15, 0.2) is 12.4 Å². The number of amides is 3. The number of aryl methyl sites for hydroxylation is 1. The maximum absolute atomic E-state index is 12.7. The third-order valence-electron chi connectivity index (χ3n) is 5.44. The molecule has 0 bridgehead atoms. The topological polar surface area (TPSA) is 155 Å². The zero-order chi connectivity index (χ0) is 27.1. The lowest BCUT2D eigenvalue weighted by Crippen LogP contribution is -2.50. The second kappa shape index (κ2) is 11.5. The maximum atomic E-state index is 12.7. The monoisotopic (exact) mass is 509 g/mol. The number of rotatable bonds is 7. The van der Waals surface area contributed by atoms with Crippen LogP contribution in [0.1, 0.15) is 31.1 Å². The molecule has 0 fully saturated rings. The molecule has 0 saturated heterocycles. The van der Waals surface area contributed by atoms with Gasteiger partial charge in [-0.25, -0.2) is 9.88 Å². The van der Waals surface area contributed by atoms with E-state index in [9.17, 15) is 14.4 Å². The predicted molar refractivity (Wildman–Crippen MR) is 146 cm³/mol. The molecule has 0 radical (unpaired) electrons. The molecule has 3 amide bonds. The normalized spacial score (nSPS) is 10.2. The minimum Gasteiger partial charge on any atom is -0.322 e. The van der Waals surface area contributed by atoms with Crippen LogP contribution in [0.4, 0.5) is 22.7 Å². The number of hydrogen-bond donors (Lipinski definition) is 6. The Balaban J connectivity index is 1.32. The molecule has 1 aromatic heterocycles. The van der Waals surface area contributed by atoms with Crippen LogP contribution in [0.25, 0.3) is 0 Å². The summed E-state index contributed by atoms with van der Waals surface area (Å²) in [5.74, 6) is -0.818. The largest absolute Gasteiger partial charge is 0.343 e. The van der Waals surface area contributed by atoms with E-state index in [-0.39, 0.29) is 23.7 Å². The van der Waals surface area contributed by atoms with E-state index in [2.05, 4.69) is 21.3 Å². The molecule has 190 valence electrons. The van der Waals surface area contributed by atoms with Crippen molar-refractivity contribution in [1.29, 1.82) is 0 Å². The Morgan fingerprint density at radius 2 is 0.974 bits per heavy atom. The van der Waals surface area contributed by atoms with Crippen LogP contribution in [-0.2, 0) is 7.05 Å². The Hall–Kier alpha value is -5.51. The van der Waals surface area contributed by atoms with Crippen molar-refractivity contribution in [2.45, 2.75) is 0 Å². The molecular formula is C28H27N7O3+2. The Labute approximate surface area is 219 Å². The lowest BCUT2D eigenvalue weighted by molar-refractivity contribution is -0.670. The number of nitrogens with one attached hydrogen (secondary N) is 4. The number of nitrogens with zero attached hydrogens (tertiary/aromatic N) is 1. The van der Waals surface area contributed by atoms with Crippen molar-refractivity contribution >= 4 is 46.4 Å². The van der Waals surface area contributed by atoms with E-state index in [1.54, 1.807) is 85.1 Å². The summed E-state index contributed by atoms with van der Waals surface area (Å²) in [6.45, 7) is 0. The number of benzene rings is 3. The van der Waals surface area contributed by atoms with Crippen molar-refractivity contribution in [1.82, 2.24) is 0 Å². The quantitative estimate of drug-likeness (QED) is 0.127. The fraction of sp³-hybridized carbons (Fsp3) is 0.0357. The highest BCUT2D eigenvalue weighted by molar-refractivity contribution is 6.07. The minimum atomic E-state index is -0.323. The molecule has 10 nitrogen and oxygen atoms in total. The number of pyridine rings is 1. The third kappa shape index (κ3) is 6.79. The molecule has 4 aromatic rings. The number of carbonyl (C=O) groups is 3. The number of anilines is 4. The van der Waals surface area contributed by atoms with Crippen LogP contribution in [0.5, 0.6) is 0 Å². The lowest BCUT2D eigenvalue weighted by Gasteiger charge is -2.09. The molecular weight excluding hydrogens is 482 g/mol. The molecule has 0 unspecified atom stereocenters. The second-order valence-electron chi connectivity index (χ2n) is 8.43. The van der Waals surface area contributed by atoms with E-state index in [1.807, 2.05) is 23.9 Å². The van der Waals surface area contributed by atoms with E-state index < -0.39 is 0 Å². The summed E-state index contributed by atoms with van der Waals surface area (Å²) in [5, 5.41) is 16.6. The molecule has 38 heavy (non-hydrogen) atoms. The van der Waals surface area contributed by atoms with Gasteiger partial charge in [-0.05, 0) is 78.9 Å². The predicted octanol–water partition coefficient (Wildman–Crippen LogP) is 1.75. The van der Waals surface area contributed by atoms with Gasteiger partial charge in [0, 0.05) is 34.1 Å². The van der Waals surface area contributed by atoms with Gasteiger partial charge in [-0.2, -0.15) is 0 Å².